The quantitative estimate of drug-likeness (QED) is 0.325. The summed E-state index contributed by atoms with van der Waals surface area (Å²) >= 11 is 0. The zero-order chi connectivity index (χ0) is 26.7. The van der Waals surface area contributed by atoms with Gasteiger partial charge in [-0.1, -0.05) is 56.3 Å². The van der Waals surface area contributed by atoms with E-state index in [2.05, 4.69) is 66.4 Å². The molecule has 4 aromatic rings. The van der Waals surface area contributed by atoms with Crippen LogP contribution in [0.25, 0.3) is 0 Å². The highest BCUT2D eigenvalue weighted by molar-refractivity contribution is 5.91. The van der Waals surface area contributed by atoms with Gasteiger partial charge in [0.15, 0.2) is 5.76 Å². The number of carbonyl (C=O) groups excluding carboxylic acids is 1. The highest BCUT2D eigenvalue weighted by atomic mass is 16.5. The first-order valence-corrected chi connectivity index (χ1v) is 13.2. The van der Waals surface area contributed by atoms with Crippen LogP contribution in [0.15, 0.2) is 77.3 Å². The molecule has 2 aromatic carbocycles. The van der Waals surface area contributed by atoms with Crippen molar-refractivity contribution in [1.29, 1.82) is 0 Å². The maximum atomic E-state index is 13.0. The molecule has 1 fully saturated rings. The molecular formula is C31H36N4O3. The number of rotatable bonds is 8. The number of nitrogens with zero attached hydrogens (tertiary/aromatic N) is 4. The van der Waals surface area contributed by atoms with Gasteiger partial charge >= 0.3 is 0 Å². The number of aryl methyl sites for hydroxylation is 2. The van der Waals surface area contributed by atoms with Crippen LogP contribution in [-0.4, -0.2) is 51.7 Å². The van der Waals surface area contributed by atoms with E-state index in [1.54, 1.807) is 6.07 Å². The van der Waals surface area contributed by atoms with Gasteiger partial charge < -0.3 is 14.1 Å². The first-order chi connectivity index (χ1) is 18.3. The average molecular weight is 513 g/mol. The van der Waals surface area contributed by atoms with Crippen molar-refractivity contribution in [3.8, 4) is 5.75 Å². The summed E-state index contributed by atoms with van der Waals surface area (Å²) in [5.41, 5.74) is 4.68. The second kappa shape index (κ2) is 10.9. The third-order valence-corrected chi connectivity index (χ3v) is 7.49. The average Bonchev–Trinajstić information content (AvgIpc) is 3.53. The molecule has 1 aliphatic rings. The van der Waals surface area contributed by atoms with Gasteiger partial charge in [-0.15, -0.1) is 0 Å². The Morgan fingerprint density at radius 2 is 1.63 bits per heavy atom. The van der Waals surface area contributed by atoms with Crippen LogP contribution in [0, 0.1) is 6.92 Å². The fourth-order valence-corrected chi connectivity index (χ4v) is 5.02. The lowest BCUT2D eigenvalue weighted by atomic mass is 9.78. The van der Waals surface area contributed by atoms with Crippen molar-refractivity contribution in [3.05, 3.63) is 107 Å². The maximum Gasteiger partial charge on any atom is 0.289 e. The van der Waals surface area contributed by atoms with Crippen LogP contribution < -0.4 is 4.74 Å². The van der Waals surface area contributed by atoms with Gasteiger partial charge in [0, 0.05) is 56.9 Å². The van der Waals surface area contributed by atoms with Crippen molar-refractivity contribution >= 4 is 5.91 Å². The molecule has 3 heterocycles. The molecule has 1 amide bonds. The second-order valence-electron chi connectivity index (χ2n) is 10.6. The molecule has 0 bridgehead atoms. The smallest absolute Gasteiger partial charge is 0.289 e. The van der Waals surface area contributed by atoms with Gasteiger partial charge in [0.2, 0.25) is 0 Å². The first-order valence-electron chi connectivity index (χ1n) is 13.2. The molecule has 1 aliphatic heterocycles. The highest BCUT2D eigenvalue weighted by Crippen LogP contribution is 2.32. The molecule has 38 heavy (non-hydrogen) atoms. The second-order valence-corrected chi connectivity index (χ2v) is 10.6. The molecule has 0 saturated carbocycles. The molecule has 7 heteroatoms. The standard InChI is InChI=1S/C31H36N4O3/c1-23-24(20-33(4)32-23)21-34-16-18-35(19-17-34)30(36)29-15-14-28(38-29)22-37-27-12-10-26(11-13-27)31(2,3)25-8-6-5-7-9-25/h5-15,20H,16-19,21-22H2,1-4H3. The van der Waals surface area contributed by atoms with Crippen LogP contribution in [0.2, 0.25) is 0 Å². The van der Waals surface area contributed by atoms with Crippen molar-refractivity contribution in [2.75, 3.05) is 26.2 Å². The largest absolute Gasteiger partial charge is 0.486 e. The lowest BCUT2D eigenvalue weighted by Crippen LogP contribution is -2.48. The summed E-state index contributed by atoms with van der Waals surface area (Å²) in [4.78, 5) is 17.2. The fraction of sp³-hybridized carbons (Fsp3) is 0.355. The zero-order valence-corrected chi connectivity index (χ0v) is 22.7. The number of aromatic nitrogens is 2. The van der Waals surface area contributed by atoms with Crippen LogP contribution in [0.5, 0.6) is 5.75 Å². The van der Waals surface area contributed by atoms with Gasteiger partial charge in [0.1, 0.15) is 18.1 Å². The number of carbonyl (C=O) groups is 1. The Kier molecular flexibility index (Phi) is 7.38. The van der Waals surface area contributed by atoms with Crippen molar-refractivity contribution in [3.63, 3.8) is 0 Å². The van der Waals surface area contributed by atoms with Crippen LogP contribution >= 0.6 is 0 Å². The zero-order valence-electron chi connectivity index (χ0n) is 22.7. The van der Waals surface area contributed by atoms with Crippen molar-refractivity contribution in [1.82, 2.24) is 19.6 Å². The summed E-state index contributed by atoms with van der Waals surface area (Å²) in [7, 11) is 1.94. The van der Waals surface area contributed by atoms with Crippen molar-refractivity contribution in [2.24, 2.45) is 7.05 Å². The minimum absolute atomic E-state index is 0.0686. The molecule has 0 unspecified atom stereocenters. The molecule has 0 aliphatic carbocycles. The van der Waals surface area contributed by atoms with Gasteiger partial charge in [-0.25, -0.2) is 0 Å². The van der Waals surface area contributed by atoms with E-state index >= 15 is 0 Å². The number of hydrogen-bond acceptors (Lipinski definition) is 5. The van der Waals surface area contributed by atoms with Gasteiger partial charge in [0.05, 0.1) is 5.69 Å². The van der Waals surface area contributed by atoms with Gasteiger partial charge in [-0.3, -0.25) is 14.4 Å². The molecule has 2 aromatic heterocycles. The molecular weight excluding hydrogens is 476 g/mol. The van der Waals surface area contributed by atoms with Crippen molar-refractivity contribution in [2.45, 2.75) is 39.3 Å². The summed E-state index contributed by atoms with van der Waals surface area (Å²) in [6.07, 6.45) is 2.07. The van der Waals surface area contributed by atoms with Gasteiger partial charge in [-0.05, 0) is 42.3 Å². The van der Waals surface area contributed by atoms with Crippen LogP contribution in [-0.2, 0) is 25.6 Å². The Morgan fingerprint density at radius 1 is 0.947 bits per heavy atom. The number of piperazine rings is 1. The number of hydrogen-bond donors (Lipinski definition) is 0. The number of ether oxygens (including phenoxy) is 1. The van der Waals surface area contributed by atoms with E-state index in [0.717, 1.165) is 31.1 Å². The number of furan rings is 1. The predicted molar refractivity (Wildman–Crippen MR) is 147 cm³/mol. The van der Waals surface area contributed by atoms with E-state index in [1.807, 2.05) is 47.8 Å². The molecule has 0 radical (unpaired) electrons. The molecule has 0 atom stereocenters. The molecule has 7 nitrogen and oxygen atoms in total. The summed E-state index contributed by atoms with van der Waals surface area (Å²) in [5.74, 6) is 1.69. The predicted octanol–water partition coefficient (Wildman–Crippen LogP) is 5.18. The normalized spacial score (nSPS) is 14.6. The summed E-state index contributed by atoms with van der Waals surface area (Å²) < 4.78 is 13.7. The van der Waals surface area contributed by atoms with Crippen LogP contribution in [0.3, 0.4) is 0 Å². The lowest BCUT2D eigenvalue weighted by molar-refractivity contribution is 0.0594. The maximum absolute atomic E-state index is 13.0. The Morgan fingerprint density at radius 3 is 2.29 bits per heavy atom. The topological polar surface area (TPSA) is 63.7 Å². The van der Waals surface area contributed by atoms with Crippen LogP contribution in [0.4, 0.5) is 0 Å². The lowest BCUT2D eigenvalue weighted by Gasteiger charge is -2.34. The summed E-state index contributed by atoms with van der Waals surface area (Å²) in [6, 6.07) is 22.2. The van der Waals surface area contributed by atoms with Crippen molar-refractivity contribution < 1.29 is 13.9 Å². The minimum atomic E-state index is -0.0980. The van der Waals surface area contributed by atoms with E-state index in [9.17, 15) is 4.79 Å². The molecule has 198 valence electrons. The fourth-order valence-electron chi connectivity index (χ4n) is 5.02. The number of benzene rings is 2. The van der Waals surface area contributed by atoms with Crippen LogP contribution in [0.1, 0.15) is 52.5 Å². The first kappa shape index (κ1) is 25.8. The van der Waals surface area contributed by atoms with E-state index in [4.69, 9.17) is 9.15 Å². The molecule has 0 spiro atoms. The highest BCUT2D eigenvalue weighted by Gasteiger charge is 2.25. The Hall–Kier alpha value is -3.84. The number of amides is 1. The third kappa shape index (κ3) is 5.68. The van der Waals surface area contributed by atoms with Gasteiger partial charge in [0.25, 0.3) is 5.91 Å². The molecule has 5 rings (SSSR count). The molecule has 0 N–H and O–H groups in total. The Labute approximate surface area is 224 Å². The van der Waals surface area contributed by atoms with E-state index in [0.29, 0.717) is 24.6 Å². The van der Waals surface area contributed by atoms with E-state index in [1.165, 1.54) is 16.7 Å². The third-order valence-electron chi connectivity index (χ3n) is 7.49. The SMILES string of the molecule is Cc1nn(C)cc1CN1CCN(C(=O)c2ccc(COc3ccc(C(C)(C)c4ccccc4)cc3)o2)CC1. The van der Waals surface area contributed by atoms with Gasteiger partial charge in [-0.2, -0.15) is 5.10 Å². The summed E-state index contributed by atoms with van der Waals surface area (Å²) in [5, 5.41) is 4.42. The summed E-state index contributed by atoms with van der Waals surface area (Å²) in [6.45, 7) is 10.6. The van der Waals surface area contributed by atoms with E-state index < -0.39 is 0 Å². The van der Waals surface area contributed by atoms with E-state index in [-0.39, 0.29) is 17.9 Å². The molecule has 1 saturated heterocycles. The minimum Gasteiger partial charge on any atom is -0.486 e. The Balaban J connectivity index is 1.12. The Bertz CT molecular complexity index is 1360. The monoisotopic (exact) mass is 512 g/mol.